The van der Waals surface area contributed by atoms with E-state index in [0.29, 0.717) is 12.3 Å². The molecule has 2 rings (SSSR count). The van der Waals surface area contributed by atoms with Gasteiger partial charge in [0, 0.05) is 18.4 Å². The molecule has 0 aromatic heterocycles. The maximum atomic E-state index is 11.3. The molecule has 0 heterocycles. The van der Waals surface area contributed by atoms with Gasteiger partial charge >= 0.3 is 0 Å². The van der Waals surface area contributed by atoms with Crippen molar-refractivity contribution in [2.24, 2.45) is 0 Å². The van der Waals surface area contributed by atoms with Crippen LogP contribution in [0.2, 0.25) is 0 Å². The monoisotopic (exact) mass is 332 g/mol. The van der Waals surface area contributed by atoms with Crippen LogP contribution < -0.4 is 5.73 Å². The molecule has 0 radical (unpaired) electrons. The maximum Gasteiger partial charge on any atom is 0.292 e. The number of nitrogen functional groups attached to an aromatic ring is 1. The van der Waals surface area contributed by atoms with Gasteiger partial charge in [-0.2, -0.15) is 0 Å². The van der Waals surface area contributed by atoms with Crippen LogP contribution in [-0.2, 0) is 17.7 Å². The Morgan fingerprint density at radius 2 is 1.74 bits per heavy atom. The molecule has 0 aliphatic carbocycles. The fourth-order valence-corrected chi connectivity index (χ4v) is 2.75. The van der Waals surface area contributed by atoms with Crippen molar-refractivity contribution >= 4 is 23.0 Å². The van der Waals surface area contributed by atoms with E-state index in [0.717, 1.165) is 22.3 Å². The molecular formula is C18H21ClN2O2. The number of nitro benzene ring substituents is 1. The Kier molecular flexibility index (Phi) is 4.95. The lowest BCUT2D eigenvalue weighted by Gasteiger charge is -2.21. The van der Waals surface area contributed by atoms with Crippen molar-refractivity contribution in [3.63, 3.8) is 0 Å². The van der Waals surface area contributed by atoms with E-state index in [1.165, 1.54) is 0 Å². The highest BCUT2D eigenvalue weighted by Gasteiger charge is 2.23. The van der Waals surface area contributed by atoms with Crippen molar-refractivity contribution in [1.82, 2.24) is 0 Å². The molecule has 122 valence electrons. The van der Waals surface area contributed by atoms with E-state index in [4.69, 9.17) is 17.3 Å². The van der Waals surface area contributed by atoms with E-state index in [1.54, 1.807) is 6.07 Å². The fourth-order valence-electron chi connectivity index (χ4n) is 2.49. The number of nitrogens with two attached hydrogens (primary N) is 1. The molecule has 0 atom stereocenters. The largest absolute Gasteiger partial charge is 0.393 e. The molecule has 0 aliphatic heterocycles. The summed E-state index contributed by atoms with van der Waals surface area (Å²) in [5.41, 5.74) is 9.78. The Balaban J connectivity index is 2.57. The van der Waals surface area contributed by atoms with Gasteiger partial charge in [0.25, 0.3) is 5.69 Å². The number of anilines is 1. The molecule has 5 heteroatoms. The minimum Gasteiger partial charge on any atom is -0.393 e. The van der Waals surface area contributed by atoms with E-state index in [9.17, 15) is 10.1 Å². The molecule has 0 fully saturated rings. The van der Waals surface area contributed by atoms with Crippen LogP contribution in [0.1, 0.15) is 43.0 Å². The minimum absolute atomic E-state index is 0.0317. The van der Waals surface area contributed by atoms with E-state index < -0.39 is 4.92 Å². The minimum atomic E-state index is -0.415. The van der Waals surface area contributed by atoms with Gasteiger partial charge in [-0.15, -0.1) is 11.6 Å². The molecule has 0 unspecified atom stereocenters. The van der Waals surface area contributed by atoms with E-state index in [-0.39, 0.29) is 16.8 Å². The number of nitrogens with zero attached hydrogens (tertiary/aromatic N) is 1. The summed E-state index contributed by atoms with van der Waals surface area (Å²) in [6.07, 6.45) is 0.527. The normalized spacial score (nSPS) is 11.5. The Hall–Kier alpha value is -2.07. The third-order valence-corrected chi connectivity index (χ3v) is 4.24. The summed E-state index contributed by atoms with van der Waals surface area (Å²) in [7, 11) is 0. The number of nitro groups is 1. The molecule has 0 bridgehead atoms. The topological polar surface area (TPSA) is 69.2 Å². The summed E-state index contributed by atoms with van der Waals surface area (Å²) < 4.78 is 0. The molecule has 0 saturated carbocycles. The van der Waals surface area contributed by atoms with Crippen LogP contribution in [0.3, 0.4) is 0 Å². The van der Waals surface area contributed by atoms with Gasteiger partial charge < -0.3 is 5.73 Å². The van der Waals surface area contributed by atoms with Crippen LogP contribution in [0.4, 0.5) is 11.4 Å². The first-order valence-electron chi connectivity index (χ1n) is 7.44. The molecule has 2 N–H and O–H groups in total. The quantitative estimate of drug-likeness (QED) is 0.378. The highest BCUT2D eigenvalue weighted by Crippen LogP contribution is 2.34. The third kappa shape index (κ3) is 3.82. The van der Waals surface area contributed by atoms with Crippen LogP contribution in [0.5, 0.6) is 0 Å². The highest BCUT2D eigenvalue weighted by atomic mass is 35.5. The second-order valence-electron chi connectivity index (χ2n) is 6.65. The van der Waals surface area contributed by atoms with Crippen LogP contribution in [0.15, 0.2) is 36.4 Å². The van der Waals surface area contributed by atoms with Crippen molar-refractivity contribution in [2.75, 3.05) is 5.73 Å². The number of alkyl halides is 1. The average molecular weight is 333 g/mol. The predicted octanol–water partition coefficient (Wildman–Crippen LogP) is 4.80. The second-order valence-corrected chi connectivity index (χ2v) is 6.92. The first-order chi connectivity index (χ1) is 10.7. The van der Waals surface area contributed by atoms with Crippen molar-refractivity contribution in [3.8, 4) is 0 Å². The van der Waals surface area contributed by atoms with Gasteiger partial charge in [-0.3, -0.25) is 10.1 Å². The third-order valence-electron chi connectivity index (χ3n) is 3.95. The SMILES string of the molecule is CC(C)(C)c1cc(Cc2ccccc2CCl)c(N)c([N+](=O)[O-])c1. The number of benzene rings is 2. The van der Waals surface area contributed by atoms with Crippen molar-refractivity contribution < 1.29 is 4.92 Å². The van der Waals surface area contributed by atoms with Crippen LogP contribution in [0.25, 0.3) is 0 Å². The van der Waals surface area contributed by atoms with Crippen molar-refractivity contribution in [2.45, 2.75) is 38.5 Å². The lowest BCUT2D eigenvalue weighted by Crippen LogP contribution is -2.14. The van der Waals surface area contributed by atoms with Gasteiger partial charge in [-0.25, -0.2) is 0 Å². The number of rotatable bonds is 4. The standard InChI is InChI=1S/C18H21ClN2O2/c1-18(2,3)15-9-14(17(20)16(10-15)21(22)23)8-12-6-4-5-7-13(12)11-19/h4-7,9-10H,8,11,20H2,1-3H3. The van der Waals surface area contributed by atoms with Gasteiger partial charge in [0.1, 0.15) is 5.69 Å². The summed E-state index contributed by atoms with van der Waals surface area (Å²) >= 11 is 5.98. The zero-order valence-electron chi connectivity index (χ0n) is 13.6. The first-order valence-corrected chi connectivity index (χ1v) is 7.97. The first kappa shape index (κ1) is 17.3. The summed E-state index contributed by atoms with van der Waals surface area (Å²) in [5, 5.41) is 11.3. The van der Waals surface area contributed by atoms with E-state index >= 15 is 0 Å². The molecule has 4 nitrogen and oxygen atoms in total. The lowest BCUT2D eigenvalue weighted by molar-refractivity contribution is -0.384. The summed E-state index contributed by atoms with van der Waals surface area (Å²) in [6, 6.07) is 11.3. The lowest BCUT2D eigenvalue weighted by atomic mass is 9.84. The molecule has 2 aromatic carbocycles. The molecule has 0 saturated heterocycles. The summed E-state index contributed by atoms with van der Waals surface area (Å²) in [6.45, 7) is 6.08. The van der Waals surface area contributed by atoms with Crippen LogP contribution >= 0.6 is 11.6 Å². The number of halogens is 1. The second kappa shape index (κ2) is 6.59. The zero-order chi connectivity index (χ0) is 17.2. The maximum absolute atomic E-state index is 11.3. The molecule has 0 amide bonds. The molecule has 0 aliphatic rings. The molecule has 0 spiro atoms. The Bertz CT molecular complexity index is 736. The van der Waals surface area contributed by atoms with Gasteiger partial charge in [-0.05, 0) is 27.7 Å². The van der Waals surface area contributed by atoms with E-state index in [1.807, 2.05) is 51.1 Å². The summed E-state index contributed by atoms with van der Waals surface area (Å²) in [4.78, 5) is 10.9. The fraction of sp³-hybridized carbons (Fsp3) is 0.333. The average Bonchev–Trinajstić information content (AvgIpc) is 2.48. The van der Waals surface area contributed by atoms with Gasteiger partial charge in [0.15, 0.2) is 0 Å². The zero-order valence-corrected chi connectivity index (χ0v) is 14.4. The Morgan fingerprint density at radius 3 is 2.26 bits per heavy atom. The molecular weight excluding hydrogens is 312 g/mol. The van der Waals surface area contributed by atoms with Crippen molar-refractivity contribution in [3.05, 3.63) is 68.8 Å². The predicted molar refractivity (Wildman–Crippen MR) is 95.0 cm³/mol. The Morgan fingerprint density at radius 1 is 1.13 bits per heavy atom. The van der Waals surface area contributed by atoms with Gasteiger partial charge in [-0.1, -0.05) is 51.1 Å². The number of hydrogen-bond donors (Lipinski definition) is 1. The van der Waals surface area contributed by atoms with Gasteiger partial charge in [0.2, 0.25) is 0 Å². The summed E-state index contributed by atoms with van der Waals surface area (Å²) in [5.74, 6) is 0.400. The number of hydrogen-bond acceptors (Lipinski definition) is 3. The van der Waals surface area contributed by atoms with Crippen molar-refractivity contribution in [1.29, 1.82) is 0 Å². The van der Waals surface area contributed by atoms with Crippen LogP contribution in [0, 0.1) is 10.1 Å². The van der Waals surface area contributed by atoms with Gasteiger partial charge in [0.05, 0.1) is 4.92 Å². The molecule has 23 heavy (non-hydrogen) atoms. The smallest absolute Gasteiger partial charge is 0.292 e. The van der Waals surface area contributed by atoms with E-state index in [2.05, 4.69) is 0 Å². The highest BCUT2D eigenvalue weighted by molar-refractivity contribution is 6.17. The Labute approximate surface area is 141 Å². The van der Waals surface area contributed by atoms with Crippen LogP contribution in [-0.4, -0.2) is 4.92 Å². The molecule has 2 aromatic rings.